The van der Waals surface area contributed by atoms with Crippen LogP contribution in [0.4, 0.5) is 0 Å². The molecule has 2 aromatic rings. The number of hydrogen-bond donors (Lipinski definition) is 1. The first-order valence-electron chi connectivity index (χ1n) is 6.73. The third-order valence-electron chi connectivity index (χ3n) is 3.30. The molecule has 1 aromatic heterocycles. The molecule has 0 spiro atoms. The molecular formula is C14H21N5S. The van der Waals surface area contributed by atoms with Gasteiger partial charge in [-0.1, -0.05) is 25.1 Å². The third kappa shape index (κ3) is 4.31. The summed E-state index contributed by atoms with van der Waals surface area (Å²) in [6, 6.07) is 8.31. The number of nitrogens with one attached hydrogen (secondary N) is 1. The summed E-state index contributed by atoms with van der Waals surface area (Å²) in [5.74, 6) is 0.644. The predicted molar refractivity (Wildman–Crippen MR) is 83.5 cm³/mol. The van der Waals surface area contributed by atoms with E-state index in [-0.39, 0.29) is 0 Å². The average molecular weight is 291 g/mol. The second-order valence-electron chi connectivity index (χ2n) is 5.01. The topological polar surface area (TPSA) is 57.7 Å². The van der Waals surface area contributed by atoms with Gasteiger partial charge in [0.15, 0.2) is 0 Å². The molecule has 0 aliphatic carbocycles. The van der Waals surface area contributed by atoms with Crippen molar-refractivity contribution in [3.05, 3.63) is 29.8 Å². The second kappa shape index (κ2) is 7.40. The number of aromatic amines is 1. The Morgan fingerprint density at radius 1 is 1.40 bits per heavy atom. The molecule has 1 atom stereocenters. The van der Waals surface area contributed by atoms with E-state index >= 15 is 0 Å². The number of benzene rings is 1. The van der Waals surface area contributed by atoms with E-state index in [9.17, 15) is 0 Å². The first-order valence-corrected chi connectivity index (χ1v) is 8.02. The summed E-state index contributed by atoms with van der Waals surface area (Å²) in [5.41, 5.74) is 2.27. The maximum Gasteiger partial charge on any atom is 0.204 e. The number of thioether (sulfide) groups is 1. The highest BCUT2D eigenvalue weighted by Crippen LogP contribution is 2.16. The van der Waals surface area contributed by atoms with E-state index in [1.807, 2.05) is 23.9 Å². The van der Waals surface area contributed by atoms with Crippen LogP contribution < -0.4 is 0 Å². The summed E-state index contributed by atoms with van der Waals surface area (Å²) >= 11 is 1.92. The number of H-pyrrole nitrogens is 1. The molecule has 1 N–H and O–H groups in total. The number of rotatable bonds is 7. The Morgan fingerprint density at radius 3 is 2.95 bits per heavy atom. The van der Waals surface area contributed by atoms with E-state index in [1.54, 1.807) is 0 Å². The fraction of sp³-hybridized carbons (Fsp3) is 0.500. The fourth-order valence-electron chi connectivity index (χ4n) is 2.00. The SMILES string of the molecule is CS[C@@H](C)CCN(C)Cc1cccc(-c2nn[nH]n2)c1. The number of tetrazole rings is 1. The summed E-state index contributed by atoms with van der Waals surface area (Å²) < 4.78 is 0. The van der Waals surface area contributed by atoms with E-state index in [1.165, 1.54) is 12.0 Å². The van der Waals surface area contributed by atoms with Crippen LogP contribution in [-0.2, 0) is 6.54 Å². The van der Waals surface area contributed by atoms with E-state index in [4.69, 9.17) is 0 Å². The minimum atomic E-state index is 0.644. The average Bonchev–Trinajstić information content (AvgIpc) is 2.99. The van der Waals surface area contributed by atoms with Gasteiger partial charge in [0.05, 0.1) is 0 Å². The Kier molecular flexibility index (Phi) is 5.55. The quantitative estimate of drug-likeness (QED) is 0.849. The van der Waals surface area contributed by atoms with Crippen molar-refractivity contribution in [3.8, 4) is 11.4 Å². The molecule has 0 saturated carbocycles. The van der Waals surface area contributed by atoms with Gasteiger partial charge in [-0.05, 0) is 43.1 Å². The molecule has 0 saturated heterocycles. The summed E-state index contributed by atoms with van der Waals surface area (Å²) in [6.07, 6.45) is 3.38. The molecule has 108 valence electrons. The lowest BCUT2D eigenvalue weighted by molar-refractivity contribution is 0.322. The van der Waals surface area contributed by atoms with Crippen molar-refractivity contribution in [1.29, 1.82) is 0 Å². The Morgan fingerprint density at radius 2 is 2.25 bits per heavy atom. The van der Waals surface area contributed by atoms with E-state index in [0.717, 1.165) is 18.7 Å². The molecule has 1 heterocycles. The van der Waals surface area contributed by atoms with Crippen molar-refractivity contribution in [2.75, 3.05) is 19.8 Å². The normalized spacial score (nSPS) is 12.8. The zero-order chi connectivity index (χ0) is 14.4. The lowest BCUT2D eigenvalue weighted by Gasteiger charge is -2.18. The molecule has 0 radical (unpaired) electrons. The monoisotopic (exact) mass is 291 g/mol. The highest BCUT2D eigenvalue weighted by atomic mass is 32.2. The molecule has 2 rings (SSSR count). The Bertz CT molecular complexity index is 514. The summed E-state index contributed by atoms with van der Waals surface area (Å²) in [5, 5.41) is 14.8. The molecular weight excluding hydrogens is 270 g/mol. The van der Waals surface area contributed by atoms with Crippen molar-refractivity contribution in [3.63, 3.8) is 0 Å². The van der Waals surface area contributed by atoms with E-state index in [2.05, 4.69) is 57.9 Å². The Balaban J connectivity index is 1.94. The molecule has 0 fully saturated rings. The fourth-order valence-corrected chi connectivity index (χ4v) is 2.34. The van der Waals surface area contributed by atoms with Crippen LogP contribution in [0.5, 0.6) is 0 Å². The van der Waals surface area contributed by atoms with Gasteiger partial charge in [0.1, 0.15) is 0 Å². The summed E-state index contributed by atoms with van der Waals surface area (Å²) in [4.78, 5) is 2.35. The van der Waals surface area contributed by atoms with Crippen molar-refractivity contribution in [2.45, 2.75) is 25.1 Å². The van der Waals surface area contributed by atoms with Crippen LogP contribution in [0.15, 0.2) is 24.3 Å². The van der Waals surface area contributed by atoms with E-state index in [0.29, 0.717) is 11.1 Å². The molecule has 0 bridgehead atoms. The summed E-state index contributed by atoms with van der Waals surface area (Å²) in [6.45, 7) is 4.32. The van der Waals surface area contributed by atoms with Crippen molar-refractivity contribution in [2.24, 2.45) is 0 Å². The molecule has 5 nitrogen and oxygen atoms in total. The lowest BCUT2D eigenvalue weighted by Crippen LogP contribution is -2.21. The Hall–Kier alpha value is -1.40. The third-order valence-corrected chi connectivity index (χ3v) is 4.34. The highest BCUT2D eigenvalue weighted by molar-refractivity contribution is 7.99. The number of hydrogen-bond acceptors (Lipinski definition) is 5. The van der Waals surface area contributed by atoms with Crippen molar-refractivity contribution >= 4 is 11.8 Å². The van der Waals surface area contributed by atoms with E-state index < -0.39 is 0 Å². The van der Waals surface area contributed by atoms with Crippen LogP contribution in [0.3, 0.4) is 0 Å². The zero-order valence-corrected chi connectivity index (χ0v) is 13.0. The molecule has 6 heteroatoms. The smallest absolute Gasteiger partial charge is 0.204 e. The minimum Gasteiger partial charge on any atom is -0.302 e. The largest absolute Gasteiger partial charge is 0.302 e. The maximum absolute atomic E-state index is 4.01. The van der Waals surface area contributed by atoms with Crippen molar-refractivity contribution < 1.29 is 0 Å². The lowest BCUT2D eigenvalue weighted by atomic mass is 10.1. The maximum atomic E-state index is 4.01. The van der Waals surface area contributed by atoms with Crippen LogP contribution in [0.1, 0.15) is 18.9 Å². The minimum absolute atomic E-state index is 0.644. The summed E-state index contributed by atoms with van der Waals surface area (Å²) in [7, 11) is 2.16. The zero-order valence-electron chi connectivity index (χ0n) is 12.2. The molecule has 0 unspecified atom stereocenters. The van der Waals surface area contributed by atoms with Crippen LogP contribution >= 0.6 is 11.8 Å². The van der Waals surface area contributed by atoms with Gasteiger partial charge in [0.2, 0.25) is 5.82 Å². The molecule has 1 aromatic carbocycles. The van der Waals surface area contributed by atoms with Gasteiger partial charge in [-0.2, -0.15) is 17.0 Å². The predicted octanol–water partition coefficient (Wildman–Crippen LogP) is 2.44. The van der Waals surface area contributed by atoms with Crippen LogP contribution in [0.25, 0.3) is 11.4 Å². The standard InChI is InChI=1S/C14H21N5S/c1-11(20-3)7-8-19(2)10-12-5-4-6-13(9-12)14-15-17-18-16-14/h4-6,9,11H,7-8,10H2,1-3H3,(H,15,16,17,18)/t11-/m0/s1. The molecule has 0 amide bonds. The van der Waals surface area contributed by atoms with Crippen LogP contribution in [-0.4, -0.2) is 50.6 Å². The van der Waals surface area contributed by atoms with Crippen molar-refractivity contribution in [1.82, 2.24) is 25.5 Å². The molecule has 20 heavy (non-hydrogen) atoms. The number of aromatic nitrogens is 4. The van der Waals surface area contributed by atoms with Crippen LogP contribution in [0.2, 0.25) is 0 Å². The van der Waals surface area contributed by atoms with Crippen LogP contribution in [0, 0.1) is 0 Å². The first kappa shape index (κ1) is 15.0. The van der Waals surface area contributed by atoms with Gasteiger partial charge in [0, 0.05) is 17.4 Å². The first-order chi connectivity index (χ1) is 9.69. The van der Waals surface area contributed by atoms with Gasteiger partial charge < -0.3 is 4.90 Å². The van der Waals surface area contributed by atoms with Gasteiger partial charge in [-0.15, -0.1) is 10.2 Å². The second-order valence-corrected chi connectivity index (χ2v) is 6.28. The Labute approximate surface area is 124 Å². The molecule has 0 aliphatic heterocycles. The number of nitrogens with zero attached hydrogens (tertiary/aromatic N) is 4. The van der Waals surface area contributed by atoms with Gasteiger partial charge in [-0.3, -0.25) is 0 Å². The van der Waals surface area contributed by atoms with Gasteiger partial charge >= 0.3 is 0 Å². The highest BCUT2D eigenvalue weighted by Gasteiger charge is 2.07. The van der Waals surface area contributed by atoms with Gasteiger partial charge in [0.25, 0.3) is 0 Å². The molecule has 0 aliphatic rings. The van der Waals surface area contributed by atoms with Gasteiger partial charge in [-0.25, -0.2) is 0 Å².